The molecule has 0 unspecified atom stereocenters. The normalized spacial score (nSPS) is 10.0. The highest BCUT2D eigenvalue weighted by atomic mass is 19.1. The zero-order valence-electron chi connectivity index (χ0n) is 12.5. The van der Waals surface area contributed by atoms with Crippen molar-refractivity contribution >= 4 is 11.6 Å². The van der Waals surface area contributed by atoms with Gasteiger partial charge in [0.1, 0.15) is 23.1 Å². The van der Waals surface area contributed by atoms with E-state index in [1.54, 1.807) is 18.2 Å². The fourth-order valence-electron chi connectivity index (χ4n) is 1.90. The van der Waals surface area contributed by atoms with Crippen LogP contribution in [0.5, 0.6) is 17.2 Å². The molecule has 0 saturated carbocycles. The van der Waals surface area contributed by atoms with Gasteiger partial charge in [-0.05, 0) is 24.3 Å². The van der Waals surface area contributed by atoms with Crippen molar-refractivity contribution in [2.45, 2.75) is 0 Å². The van der Waals surface area contributed by atoms with Crippen molar-refractivity contribution in [2.75, 3.05) is 26.6 Å². The Balaban J connectivity index is 2.25. The lowest BCUT2D eigenvalue weighted by molar-refractivity contribution is 0.102. The van der Waals surface area contributed by atoms with E-state index in [1.807, 2.05) is 0 Å². The molecule has 0 spiro atoms. The summed E-state index contributed by atoms with van der Waals surface area (Å²) in [5, 5.41) is 2.61. The molecular formula is C16H16FNO4. The van der Waals surface area contributed by atoms with Gasteiger partial charge in [0.25, 0.3) is 5.91 Å². The number of carbonyl (C=O) groups is 1. The van der Waals surface area contributed by atoms with Crippen molar-refractivity contribution in [3.63, 3.8) is 0 Å². The maximum atomic E-state index is 13.9. The number of hydrogen-bond acceptors (Lipinski definition) is 4. The van der Waals surface area contributed by atoms with E-state index in [1.165, 1.54) is 33.5 Å². The number of halogens is 1. The molecule has 0 atom stereocenters. The van der Waals surface area contributed by atoms with Crippen LogP contribution < -0.4 is 19.5 Å². The molecule has 0 saturated heterocycles. The van der Waals surface area contributed by atoms with Crippen LogP contribution in [-0.2, 0) is 0 Å². The molecule has 116 valence electrons. The van der Waals surface area contributed by atoms with Gasteiger partial charge in [0.05, 0.1) is 32.6 Å². The fraction of sp³-hybridized carbons (Fsp3) is 0.188. The van der Waals surface area contributed by atoms with E-state index in [-0.39, 0.29) is 5.56 Å². The van der Waals surface area contributed by atoms with E-state index in [0.717, 1.165) is 6.07 Å². The first-order valence-electron chi connectivity index (χ1n) is 6.46. The Morgan fingerprint density at radius 1 is 0.955 bits per heavy atom. The van der Waals surface area contributed by atoms with E-state index in [4.69, 9.17) is 14.2 Å². The Morgan fingerprint density at radius 2 is 1.59 bits per heavy atom. The van der Waals surface area contributed by atoms with Crippen LogP contribution in [0.1, 0.15) is 10.4 Å². The van der Waals surface area contributed by atoms with Gasteiger partial charge in [0, 0.05) is 12.1 Å². The predicted molar refractivity (Wildman–Crippen MR) is 80.5 cm³/mol. The first-order chi connectivity index (χ1) is 10.6. The third-order valence-electron chi connectivity index (χ3n) is 3.08. The minimum atomic E-state index is -0.663. The van der Waals surface area contributed by atoms with Gasteiger partial charge in [-0.25, -0.2) is 4.39 Å². The van der Waals surface area contributed by atoms with Crippen LogP contribution >= 0.6 is 0 Å². The average Bonchev–Trinajstić information content (AvgIpc) is 2.54. The number of methoxy groups -OCH3 is 3. The van der Waals surface area contributed by atoms with Gasteiger partial charge in [-0.15, -0.1) is 0 Å². The molecule has 0 fully saturated rings. The third kappa shape index (κ3) is 3.28. The Kier molecular flexibility index (Phi) is 4.83. The highest BCUT2D eigenvalue weighted by molar-refractivity contribution is 6.05. The van der Waals surface area contributed by atoms with Gasteiger partial charge < -0.3 is 19.5 Å². The largest absolute Gasteiger partial charge is 0.497 e. The van der Waals surface area contributed by atoms with Crippen molar-refractivity contribution in [1.82, 2.24) is 0 Å². The van der Waals surface area contributed by atoms with Crippen molar-refractivity contribution in [3.05, 3.63) is 47.8 Å². The lowest BCUT2D eigenvalue weighted by Gasteiger charge is -2.12. The molecule has 5 nitrogen and oxygen atoms in total. The summed E-state index contributed by atoms with van der Waals surface area (Å²) in [7, 11) is 4.43. The van der Waals surface area contributed by atoms with Crippen LogP contribution in [-0.4, -0.2) is 27.2 Å². The van der Waals surface area contributed by atoms with E-state index >= 15 is 0 Å². The van der Waals surface area contributed by atoms with Gasteiger partial charge in [-0.2, -0.15) is 0 Å². The Morgan fingerprint density at radius 3 is 2.18 bits per heavy atom. The van der Waals surface area contributed by atoms with Crippen LogP contribution in [0.25, 0.3) is 0 Å². The number of rotatable bonds is 5. The lowest BCUT2D eigenvalue weighted by Crippen LogP contribution is -2.14. The summed E-state index contributed by atoms with van der Waals surface area (Å²) in [6.07, 6.45) is 0. The molecule has 0 aliphatic carbocycles. The van der Waals surface area contributed by atoms with Gasteiger partial charge in [0.15, 0.2) is 0 Å². The van der Waals surface area contributed by atoms with Gasteiger partial charge in [-0.1, -0.05) is 0 Å². The highest BCUT2D eigenvalue weighted by Crippen LogP contribution is 2.29. The number of nitrogens with one attached hydrogen (secondary N) is 1. The van der Waals surface area contributed by atoms with E-state index in [9.17, 15) is 9.18 Å². The molecule has 0 heterocycles. The van der Waals surface area contributed by atoms with E-state index in [0.29, 0.717) is 22.9 Å². The number of ether oxygens (including phenoxy) is 3. The van der Waals surface area contributed by atoms with Gasteiger partial charge >= 0.3 is 0 Å². The molecule has 1 amide bonds. The number of anilines is 1. The maximum absolute atomic E-state index is 13.9. The molecular weight excluding hydrogens is 289 g/mol. The molecule has 0 bridgehead atoms. The van der Waals surface area contributed by atoms with Crippen LogP contribution in [0.4, 0.5) is 10.1 Å². The molecule has 1 N–H and O–H groups in total. The van der Waals surface area contributed by atoms with Gasteiger partial charge in [-0.3, -0.25) is 4.79 Å². The van der Waals surface area contributed by atoms with Crippen molar-refractivity contribution in [3.8, 4) is 17.2 Å². The number of amides is 1. The minimum Gasteiger partial charge on any atom is -0.497 e. The summed E-state index contributed by atoms with van der Waals surface area (Å²) in [6, 6.07) is 8.95. The molecule has 6 heteroatoms. The van der Waals surface area contributed by atoms with Gasteiger partial charge in [0.2, 0.25) is 0 Å². The van der Waals surface area contributed by atoms with Crippen LogP contribution in [0.2, 0.25) is 0 Å². The Labute approximate surface area is 127 Å². The quantitative estimate of drug-likeness (QED) is 0.922. The summed E-state index contributed by atoms with van der Waals surface area (Å²) >= 11 is 0. The second-order valence-corrected chi connectivity index (χ2v) is 4.37. The molecule has 2 rings (SSSR count). The van der Waals surface area contributed by atoms with E-state index < -0.39 is 11.7 Å². The smallest absolute Gasteiger partial charge is 0.258 e. The second kappa shape index (κ2) is 6.80. The van der Waals surface area contributed by atoms with Crippen molar-refractivity contribution in [2.24, 2.45) is 0 Å². The number of hydrogen-bond donors (Lipinski definition) is 1. The van der Waals surface area contributed by atoms with Crippen LogP contribution in [0, 0.1) is 5.82 Å². The zero-order valence-corrected chi connectivity index (χ0v) is 12.5. The summed E-state index contributed by atoms with van der Waals surface area (Å²) in [5.41, 5.74) is 0.335. The topological polar surface area (TPSA) is 56.8 Å². The second-order valence-electron chi connectivity index (χ2n) is 4.37. The molecule has 22 heavy (non-hydrogen) atoms. The van der Waals surface area contributed by atoms with Crippen molar-refractivity contribution < 1.29 is 23.4 Å². The Bertz CT molecular complexity index is 688. The minimum absolute atomic E-state index is 0.0846. The average molecular weight is 305 g/mol. The summed E-state index contributed by atoms with van der Waals surface area (Å²) in [5.74, 6) is 0.108. The molecule has 0 aliphatic rings. The predicted octanol–water partition coefficient (Wildman–Crippen LogP) is 3.10. The molecule has 2 aromatic carbocycles. The fourth-order valence-corrected chi connectivity index (χ4v) is 1.90. The lowest BCUT2D eigenvalue weighted by atomic mass is 10.1. The summed E-state index contributed by atoms with van der Waals surface area (Å²) < 4.78 is 29.1. The third-order valence-corrected chi connectivity index (χ3v) is 3.08. The van der Waals surface area contributed by atoms with Crippen LogP contribution in [0.15, 0.2) is 36.4 Å². The number of carbonyl (C=O) groups excluding carboxylic acids is 1. The van der Waals surface area contributed by atoms with Crippen molar-refractivity contribution in [1.29, 1.82) is 0 Å². The van der Waals surface area contributed by atoms with E-state index in [2.05, 4.69) is 5.32 Å². The van der Waals surface area contributed by atoms with Crippen LogP contribution in [0.3, 0.4) is 0 Å². The first-order valence-corrected chi connectivity index (χ1v) is 6.46. The zero-order chi connectivity index (χ0) is 16.1. The standard InChI is InChI=1S/C16H16FNO4/c1-20-10-4-6-12(13(17)8-10)16(19)18-14-7-5-11(21-2)9-15(14)22-3/h4-9H,1-3H3,(H,18,19). The Hall–Kier alpha value is -2.76. The monoisotopic (exact) mass is 305 g/mol. The SMILES string of the molecule is COc1ccc(C(=O)Nc2ccc(OC)cc2OC)c(F)c1. The first kappa shape index (κ1) is 15.6. The maximum Gasteiger partial charge on any atom is 0.258 e. The summed E-state index contributed by atoms with van der Waals surface area (Å²) in [4.78, 5) is 12.2. The molecule has 0 aliphatic heterocycles. The highest BCUT2D eigenvalue weighted by Gasteiger charge is 2.15. The molecule has 2 aromatic rings. The molecule has 0 aromatic heterocycles. The summed E-state index contributed by atoms with van der Waals surface area (Å²) in [6.45, 7) is 0. The number of benzene rings is 2. The molecule has 0 radical (unpaired) electrons.